The van der Waals surface area contributed by atoms with Gasteiger partial charge in [0.2, 0.25) is 5.91 Å². The average Bonchev–Trinajstić information content (AvgIpc) is 2.81. The molecule has 1 saturated heterocycles. The molecule has 1 unspecified atom stereocenters. The molecule has 2 heterocycles. The van der Waals surface area contributed by atoms with E-state index in [9.17, 15) is 4.79 Å². The number of hydrogen-bond acceptors (Lipinski definition) is 4. The third-order valence-corrected chi connectivity index (χ3v) is 4.92. The second kappa shape index (κ2) is 6.90. The third kappa shape index (κ3) is 4.53. The Morgan fingerprint density at radius 2 is 2.10 bits per heavy atom. The van der Waals surface area contributed by atoms with E-state index in [1.54, 1.807) is 11.3 Å². The maximum atomic E-state index is 12.5. The second-order valence-electron chi connectivity index (χ2n) is 6.88. The number of amides is 1. The molecule has 1 aromatic rings. The minimum atomic E-state index is -0.415. The van der Waals surface area contributed by atoms with E-state index < -0.39 is 6.04 Å². The van der Waals surface area contributed by atoms with Gasteiger partial charge >= 0.3 is 0 Å². The average molecular weight is 309 g/mol. The molecule has 1 atom stereocenters. The number of nitrogens with zero attached hydrogens (tertiary/aromatic N) is 2. The van der Waals surface area contributed by atoms with Crippen LogP contribution in [-0.2, 0) is 11.3 Å². The summed E-state index contributed by atoms with van der Waals surface area (Å²) in [7, 11) is 0. The summed E-state index contributed by atoms with van der Waals surface area (Å²) in [4.78, 5) is 18.3. The highest BCUT2D eigenvalue weighted by molar-refractivity contribution is 7.09. The minimum Gasteiger partial charge on any atom is -0.340 e. The second-order valence-corrected chi connectivity index (χ2v) is 7.91. The number of carbonyl (C=O) groups is 1. The molecular formula is C16H27N3OS. The van der Waals surface area contributed by atoms with Gasteiger partial charge in [0.1, 0.15) is 0 Å². The monoisotopic (exact) mass is 309 g/mol. The fraction of sp³-hybridized carbons (Fsp3) is 0.688. The molecule has 1 amide bonds. The Morgan fingerprint density at radius 3 is 2.71 bits per heavy atom. The Balaban J connectivity index is 1.90. The van der Waals surface area contributed by atoms with Crippen molar-refractivity contribution in [3.8, 4) is 0 Å². The van der Waals surface area contributed by atoms with E-state index >= 15 is 0 Å². The first-order chi connectivity index (χ1) is 9.88. The summed E-state index contributed by atoms with van der Waals surface area (Å²) < 4.78 is 0. The topological polar surface area (TPSA) is 49.6 Å². The van der Waals surface area contributed by atoms with Gasteiger partial charge in [-0.3, -0.25) is 9.69 Å². The molecule has 0 bridgehead atoms. The molecule has 1 aliphatic heterocycles. The molecule has 21 heavy (non-hydrogen) atoms. The van der Waals surface area contributed by atoms with Crippen LogP contribution in [0.2, 0.25) is 0 Å². The van der Waals surface area contributed by atoms with Crippen molar-refractivity contribution < 1.29 is 4.79 Å². The van der Waals surface area contributed by atoms with Crippen LogP contribution in [0.25, 0.3) is 0 Å². The zero-order valence-electron chi connectivity index (χ0n) is 13.3. The Morgan fingerprint density at radius 1 is 1.33 bits per heavy atom. The van der Waals surface area contributed by atoms with Gasteiger partial charge in [0, 0.05) is 37.6 Å². The molecule has 1 aliphatic rings. The molecule has 2 N–H and O–H groups in total. The van der Waals surface area contributed by atoms with Crippen LogP contribution in [-0.4, -0.2) is 47.9 Å². The van der Waals surface area contributed by atoms with Crippen molar-refractivity contribution in [2.75, 3.05) is 26.2 Å². The van der Waals surface area contributed by atoms with Crippen LogP contribution < -0.4 is 5.73 Å². The SMILES string of the molecule is CC(C)(C)C(N)C(=O)N1CCCN(Cc2cccs2)CC1. The lowest BCUT2D eigenvalue weighted by Gasteiger charge is -2.31. The van der Waals surface area contributed by atoms with Crippen LogP contribution in [0.5, 0.6) is 0 Å². The Kier molecular flexibility index (Phi) is 5.41. The maximum absolute atomic E-state index is 12.5. The Bertz CT molecular complexity index is 453. The highest BCUT2D eigenvalue weighted by Gasteiger charge is 2.31. The molecule has 0 aromatic carbocycles. The van der Waals surface area contributed by atoms with Crippen molar-refractivity contribution in [1.82, 2.24) is 9.80 Å². The van der Waals surface area contributed by atoms with Gasteiger partial charge in [0.25, 0.3) is 0 Å². The smallest absolute Gasteiger partial charge is 0.240 e. The quantitative estimate of drug-likeness (QED) is 0.931. The van der Waals surface area contributed by atoms with E-state index in [1.807, 2.05) is 25.7 Å². The van der Waals surface area contributed by atoms with Crippen LogP contribution in [0.15, 0.2) is 17.5 Å². The van der Waals surface area contributed by atoms with Crippen molar-refractivity contribution in [2.24, 2.45) is 11.1 Å². The van der Waals surface area contributed by atoms with Gasteiger partial charge in [-0.1, -0.05) is 26.8 Å². The van der Waals surface area contributed by atoms with Gasteiger partial charge in [-0.05, 0) is 23.3 Å². The molecule has 4 nitrogen and oxygen atoms in total. The molecule has 0 spiro atoms. The zero-order chi connectivity index (χ0) is 15.5. The predicted octanol–water partition coefficient (Wildman–Crippen LogP) is 2.16. The molecule has 5 heteroatoms. The van der Waals surface area contributed by atoms with E-state index in [0.29, 0.717) is 0 Å². The highest BCUT2D eigenvalue weighted by atomic mass is 32.1. The summed E-state index contributed by atoms with van der Waals surface area (Å²) in [5.74, 6) is 0.0977. The van der Waals surface area contributed by atoms with Crippen LogP contribution in [0.3, 0.4) is 0 Å². The summed E-state index contributed by atoms with van der Waals surface area (Å²) >= 11 is 1.80. The van der Waals surface area contributed by atoms with Crippen LogP contribution in [0.1, 0.15) is 32.1 Å². The molecule has 118 valence electrons. The maximum Gasteiger partial charge on any atom is 0.240 e. The molecule has 0 radical (unpaired) electrons. The molecule has 1 fully saturated rings. The number of rotatable bonds is 3. The largest absolute Gasteiger partial charge is 0.340 e. The van der Waals surface area contributed by atoms with Crippen molar-refractivity contribution in [1.29, 1.82) is 0 Å². The van der Waals surface area contributed by atoms with E-state index in [-0.39, 0.29) is 11.3 Å². The lowest BCUT2D eigenvalue weighted by Crippen LogP contribution is -2.51. The van der Waals surface area contributed by atoms with E-state index in [0.717, 1.165) is 39.1 Å². The summed E-state index contributed by atoms with van der Waals surface area (Å²) in [6.45, 7) is 10.7. The van der Waals surface area contributed by atoms with E-state index in [1.165, 1.54) is 4.88 Å². The van der Waals surface area contributed by atoms with Crippen molar-refractivity contribution in [3.63, 3.8) is 0 Å². The van der Waals surface area contributed by atoms with Gasteiger partial charge in [0.05, 0.1) is 6.04 Å². The summed E-state index contributed by atoms with van der Waals surface area (Å²) in [5, 5.41) is 2.12. The Labute approximate surface area is 131 Å². The lowest BCUT2D eigenvalue weighted by molar-refractivity contribution is -0.134. The normalized spacial score (nSPS) is 19.3. The molecule has 0 saturated carbocycles. The van der Waals surface area contributed by atoms with Gasteiger partial charge in [0.15, 0.2) is 0 Å². The standard InChI is InChI=1S/C16H27N3OS/c1-16(2,3)14(17)15(20)19-8-5-7-18(9-10-19)12-13-6-4-11-21-13/h4,6,11,14H,5,7-10,12,17H2,1-3H3. The van der Waals surface area contributed by atoms with Crippen molar-refractivity contribution in [2.45, 2.75) is 39.8 Å². The first kappa shape index (κ1) is 16.5. The third-order valence-electron chi connectivity index (χ3n) is 4.06. The number of thiophene rings is 1. The van der Waals surface area contributed by atoms with Gasteiger partial charge < -0.3 is 10.6 Å². The first-order valence-corrected chi connectivity index (χ1v) is 8.55. The lowest BCUT2D eigenvalue weighted by atomic mass is 9.86. The zero-order valence-corrected chi connectivity index (χ0v) is 14.2. The van der Waals surface area contributed by atoms with E-state index in [4.69, 9.17) is 5.73 Å². The first-order valence-electron chi connectivity index (χ1n) is 7.67. The van der Waals surface area contributed by atoms with E-state index in [2.05, 4.69) is 22.4 Å². The highest BCUT2D eigenvalue weighted by Crippen LogP contribution is 2.20. The molecule has 1 aromatic heterocycles. The molecule has 0 aliphatic carbocycles. The fourth-order valence-electron chi connectivity index (χ4n) is 2.54. The van der Waals surface area contributed by atoms with Gasteiger partial charge in [-0.25, -0.2) is 0 Å². The summed E-state index contributed by atoms with van der Waals surface area (Å²) in [6.07, 6.45) is 1.02. The van der Waals surface area contributed by atoms with Crippen LogP contribution in [0, 0.1) is 5.41 Å². The predicted molar refractivity (Wildman–Crippen MR) is 88.2 cm³/mol. The summed E-state index contributed by atoms with van der Waals surface area (Å²) in [6, 6.07) is 3.85. The number of hydrogen-bond donors (Lipinski definition) is 1. The minimum absolute atomic E-state index is 0.0977. The number of nitrogens with two attached hydrogens (primary N) is 1. The Hall–Kier alpha value is -0.910. The molecule has 2 rings (SSSR count). The number of carbonyl (C=O) groups excluding carboxylic acids is 1. The van der Waals surface area contributed by atoms with Crippen molar-refractivity contribution >= 4 is 17.2 Å². The van der Waals surface area contributed by atoms with Gasteiger partial charge in [-0.15, -0.1) is 11.3 Å². The summed E-state index contributed by atoms with van der Waals surface area (Å²) in [5.41, 5.74) is 5.94. The van der Waals surface area contributed by atoms with Crippen LogP contribution >= 0.6 is 11.3 Å². The van der Waals surface area contributed by atoms with Gasteiger partial charge in [-0.2, -0.15) is 0 Å². The fourth-order valence-corrected chi connectivity index (χ4v) is 3.29. The molecular weight excluding hydrogens is 282 g/mol. The van der Waals surface area contributed by atoms with Crippen LogP contribution in [0.4, 0.5) is 0 Å². The van der Waals surface area contributed by atoms with Crippen molar-refractivity contribution in [3.05, 3.63) is 22.4 Å².